The summed E-state index contributed by atoms with van der Waals surface area (Å²) in [7, 11) is 0. The van der Waals surface area contributed by atoms with Gasteiger partial charge in [0.1, 0.15) is 0 Å². The van der Waals surface area contributed by atoms with Gasteiger partial charge in [-0.1, -0.05) is 0 Å². The fraction of sp³-hybridized carbons (Fsp3) is 0.700. The van der Waals surface area contributed by atoms with Gasteiger partial charge in [-0.15, -0.1) is 0 Å². The van der Waals surface area contributed by atoms with Crippen molar-refractivity contribution in [1.29, 1.82) is 21.0 Å². The fourth-order valence-corrected chi connectivity index (χ4v) is 4.10. The van der Waals surface area contributed by atoms with E-state index in [4.69, 9.17) is 21.0 Å². The molecule has 4 radical (unpaired) electrons. The molecule has 0 saturated carbocycles. The Morgan fingerprint density at radius 1 is 0.265 bits per heavy atom. The van der Waals surface area contributed by atoms with E-state index in [1.54, 1.807) is 24.3 Å². The van der Waals surface area contributed by atoms with Crippen LogP contribution in [0.5, 0.6) is 0 Å². The second-order valence-corrected chi connectivity index (χ2v) is 11.9. The average molecular weight is 1320 g/mol. The zero-order valence-corrected chi connectivity index (χ0v) is 45.5. The van der Waals surface area contributed by atoms with Gasteiger partial charge < -0.3 is 103 Å². The van der Waals surface area contributed by atoms with Crippen LogP contribution in [0.3, 0.4) is 0 Å². The number of nitrogens with zero attached hydrogens (tertiary/aromatic N) is 12. The number of hydrogen-bond donors (Lipinski definition) is 0. The quantitative estimate of drug-likeness (QED) is 0.206. The van der Waals surface area contributed by atoms with Crippen LogP contribution in [-0.4, -0.2) is 121 Å². The maximum Gasteiger partial charge on any atom is 2.00 e. The first-order valence-corrected chi connectivity index (χ1v) is 19.7. The summed E-state index contributed by atoms with van der Waals surface area (Å²) < 4.78 is 0. The van der Waals surface area contributed by atoms with Gasteiger partial charge in [0.25, 0.3) is 0 Å². The predicted molar refractivity (Wildman–Crippen MR) is 232 cm³/mol. The van der Waals surface area contributed by atoms with Crippen LogP contribution in [0.25, 0.3) is 0 Å². The van der Waals surface area contributed by atoms with E-state index >= 15 is 0 Å². The van der Waals surface area contributed by atoms with Crippen LogP contribution < -0.4 is 40.9 Å². The molecule has 24 nitrogen and oxygen atoms in total. The normalized spacial score (nSPS) is 15.3. The summed E-state index contributed by atoms with van der Waals surface area (Å²) in [5.41, 5.74) is 0. The molecule has 0 bridgehead atoms. The van der Waals surface area contributed by atoms with Crippen molar-refractivity contribution in [2.24, 2.45) is 39.9 Å². The Morgan fingerprint density at radius 3 is 0.353 bits per heavy atom. The van der Waals surface area contributed by atoms with E-state index in [1.165, 1.54) is 27.7 Å². The summed E-state index contributed by atoms with van der Waals surface area (Å²) >= 11 is 0. The van der Waals surface area contributed by atoms with E-state index < -0.39 is 0 Å². The third kappa shape index (κ3) is 85.4. The standard InChI is InChI=1S/8C4H7NO.4C2H3N.4H2O.4Rh/c8*6-4-2-1-3-5-4;4*1-2-3;;;;;;;;/h8*1-3H2,(H,5,6);4*1H3;4*1H2;;;;/q;;;;;;;;;;;;;;;;4*+2/p-8. The van der Waals surface area contributed by atoms with Crippen LogP contribution >= 0.6 is 0 Å². The molecule has 0 aliphatic carbocycles. The van der Waals surface area contributed by atoms with Gasteiger partial charge in [-0.25, -0.2) is 0 Å². The van der Waals surface area contributed by atoms with E-state index in [1.807, 2.05) is 0 Å². The molecule has 0 spiro atoms. The number of hydrogen-bond acceptors (Lipinski definition) is 20. The van der Waals surface area contributed by atoms with Gasteiger partial charge >= 0.3 is 77.9 Å². The molecule has 0 unspecified atom stereocenters. The van der Waals surface area contributed by atoms with Gasteiger partial charge in [-0.2, -0.15) is 21.0 Å². The summed E-state index contributed by atoms with van der Waals surface area (Å²) in [6.07, 6.45) is 13.2. The fourth-order valence-electron chi connectivity index (χ4n) is 4.10. The molecule has 8 aliphatic rings. The van der Waals surface area contributed by atoms with Crippen LogP contribution in [0, 0.1) is 45.3 Å². The Kier molecular flexibility index (Phi) is 107. The first kappa shape index (κ1) is 94.0. The van der Waals surface area contributed by atoms with Crippen LogP contribution in [0.4, 0.5) is 0 Å². The van der Waals surface area contributed by atoms with Crippen molar-refractivity contribution < 1.29 is 141 Å². The molecule has 8 heterocycles. The molecule has 0 aromatic rings. The predicted octanol–water partition coefficient (Wildman–Crippen LogP) is -4.88. The van der Waals surface area contributed by atoms with E-state index in [0.717, 1.165) is 104 Å². The Hall–Kier alpha value is -3.95. The van der Waals surface area contributed by atoms with Crippen LogP contribution in [-0.2, 0) is 77.9 Å². The summed E-state index contributed by atoms with van der Waals surface area (Å²) in [5, 5.41) is 110. The minimum Gasteiger partial charge on any atom is -0.862 e. The second kappa shape index (κ2) is 77.3. The first-order chi connectivity index (χ1) is 28.8. The van der Waals surface area contributed by atoms with E-state index in [-0.39, 0.29) is 147 Å². The summed E-state index contributed by atoms with van der Waals surface area (Å²) in [6.45, 7) is 11.8. The Bertz CT molecular complexity index is 1230. The molecular weight excluding hydrogens is 1250 g/mol. The molecule has 8 aliphatic heterocycles. The average Bonchev–Trinajstić information content (AvgIpc) is 4.04. The molecule has 0 saturated heterocycles. The monoisotopic (exact) mass is 1320 g/mol. The van der Waals surface area contributed by atoms with Gasteiger partial charge in [-0.3, -0.25) is 0 Å². The molecule has 0 amide bonds. The Balaban J connectivity index is -0.0000000502. The number of rotatable bonds is 0. The smallest absolute Gasteiger partial charge is 0.862 e. The van der Waals surface area contributed by atoms with Crippen LogP contribution in [0.1, 0.15) is 130 Å². The molecule has 8 N–H and O–H groups in total. The van der Waals surface area contributed by atoms with Gasteiger partial charge in [0.15, 0.2) is 0 Å². The number of aliphatic imine (C=N–C) groups is 8. The molecular formula is C40H68N12O12Rh4. The summed E-state index contributed by atoms with van der Waals surface area (Å²) in [6, 6.07) is 7.00. The van der Waals surface area contributed by atoms with Crippen LogP contribution in [0.2, 0.25) is 0 Å². The molecule has 396 valence electrons. The first-order valence-electron chi connectivity index (χ1n) is 19.7. The SMILES string of the molecule is CC#N.CC#N.CC#N.CC#N.O.O.O.O.[O-]C1=NCCC1.[O-]C1=NCCC1.[O-]C1=NCCC1.[O-]C1=NCCC1.[O-]C1=NCCC1.[O-]C1=NCCC1.[O-]C1=NCCC1.[O-]C1=NCCC1.[Rh+2].[Rh+2].[Rh+2].[Rh+2]. The zero-order valence-electron chi connectivity index (χ0n) is 38.9. The van der Waals surface area contributed by atoms with Gasteiger partial charge in [0.05, 0.1) is 24.3 Å². The Labute approximate surface area is 453 Å². The third-order valence-electron chi connectivity index (χ3n) is 6.70. The van der Waals surface area contributed by atoms with Crippen molar-refractivity contribution in [1.82, 2.24) is 0 Å². The van der Waals surface area contributed by atoms with Crippen molar-refractivity contribution in [3.63, 3.8) is 0 Å². The second-order valence-electron chi connectivity index (χ2n) is 11.9. The van der Waals surface area contributed by atoms with E-state index in [2.05, 4.69) is 39.9 Å². The van der Waals surface area contributed by atoms with Crippen molar-refractivity contribution in [3.05, 3.63) is 0 Å². The summed E-state index contributed by atoms with van der Waals surface area (Å²) in [5.74, 6) is 0.630. The maximum atomic E-state index is 10.1. The molecule has 0 aromatic heterocycles. The van der Waals surface area contributed by atoms with Gasteiger partial charge in [-0.05, 0) is 150 Å². The zero-order chi connectivity index (χ0) is 46.1. The van der Waals surface area contributed by atoms with Crippen molar-refractivity contribution in [2.45, 2.75) is 130 Å². The molecule has 0 aromatic carbocycles. The maximum absolute atomic E-state index is 10.1. The van der Waals surface area contributed by atoms with Crippen molar-refractivity contribution in [3.8, 4) is 24.3 Å². The van der Waals surface area contributed by atoms with Gasteiger partial charge in [0.2, 0.25) is 0 Å². The molecule has 8 rings (SSSR count). The van der Waals surface area contributed by atoms with Crippen molar-refractivity contribution in [2.75, 3.05) is 52.4 Å². The van der Waals surface area contributed by atoms with E-state index in [0.29, 0.717) is 51.4 Å². The van der Waals surface area contributed by atoms with Gasteiger partial charge in [0, 0.05) is 80.1 Å². The Morgan fingerprint density at radius 2 is 0.338 bits per heavy atom. The minimum atomic E-state index is 0. The minimum absolute atomic E-state index is 0. The number of nitriles is 4. The van der Waals surface area contributed by atoms with Crippen molar-refractivity contribution >= 4 is 47.2 Å². The summed E-state index contributed by atoms with van der Waals surface area (Å²) in [4.78, 5) is 28.8. The largest absolute Gasteiger partial charge is 2.00 e. The topological polar surface area (TPSA) is 505 Å². The molecule has 0 fully saturated rings. The molecule has 0 atom stereocenters. The van der Waals surface area contributed by atoms with E-state index in [9.17, 15) is 40.9 Å². The molecule has 68 heavy (non-hydrogen) atoms. The van der Waals surface area contributed by atoms with Crippen LogP contribution in [0.15, 0.2) is 39.9 Å². The molecule has 28 heteroatoms. The third-order valence-corrected chi connectivity index (χ3v) is 6.70.